The van der Waals surface area contributed by atoms with E-state index in [-0.39, 0.29) is 0 Å². The molecule has 2 heterocycles. The Hall–Kier alpha value is -0.640. The lowest BCUT2D eigenvalue weighted by Gasteiger charge is -2.49. The van der Waals surface area contributed by atoms with Crippen LogP contribution in [0.4, 0.5) is 0 Å². The smallest absolute Gasteiger partial charge is 0.210 e. The van der Waals surface area contributed by atoms with E-state index in [0.717, 1.165) is 13.0 Å². The van der Waals surface area contributed by atoms with E-state index in [1.165, 1.54) is 11.4 Å². The van der Waals surface area contributed by atoms with Gasteiger partial charge in [0.15, 0.2) is 0 Å². The highest BCUT2D eigenvalue weighted by Gasteiger charge is 2.48. The van der Waals surface area contributed by atoms with Crippen molar-refractivity contribution >= 4 is 18.2 Å². The monoisotopic (exact) mass is 198 g/mol. The number of thioether (sulfide) groups is 1. The van der Waals surface area contributed by atoms with Gasteiger partial charge in [0.25, 0.3) is 0 Å². The molecule has 2 rings (SSSR count). The van der Waals surface area contributed by atoms with Crippen LogP contribution < -0.4 is 0 Å². The van der Waals surface area contributed by atoms with Crippen LogP contribution in [-0.4, -0.2) is 47.0 Å². The molecule has 4 heteroatoms. The van der Waals surface area contributed by atoms with Crippen LogP contribution >= 0.6 is 11.8 Å². The molecule has 2 unspecified atom stereocenters. The van der Waals surface area contributed by atoms with E-state index in [9.17, 15) is 4.79 Å². The summed E-state index contributed by atoms with van der Waals surface area (Å²) in [5.74, 6) is 1.19. The molecule has 2 atom stereocenters. The van der Waals surface area contributed by atoms with Crippen molar-refractivity contribution in [1.82, 2.24) is 9.80 Å². The minimum Gasteiger partial charge on any atom is -0.358 e. The summed E-state index contributed by atoms with van der Waals surface area (Å²) in [6, 6.07) is 0.315. The molecule has 72 valence electrons. The van der Waals surface area contributed by atoms with E-state index in [0.29, 0.717) is 11.4 Å². The molecule has 0 radical (unpaired) electrons. The van der Waals surface area contributed by atoms with Crippen molar-refractivity contribution in [1.29, 1.82) is 0 Å². The first-order valence-corrected chi connectivity index (χ1v) is 5.56. The zero-order valence-corrected chi connectivity index (χ0v) is 8.75. The summed E-state index contributed by atoms with van der Waals surface area (Å²) in [5, 5.41) is 0.515. The highest BCUT2D eigenvalue weighted by Crippen LogP contribution is 2.43. The van der Waals surface area contributed by atoms with Crippen LogP contribution in [0.25, 0.3) is 0 Å². The molecule has 0 aromatic rings. The first kappa shape index (κ1) is 8.94. The maximum absolute atomic E-state index is 10.7. The van der Waals surface area contributed by atoms with Crippen molar-refractivity contribution in [3.05, 3.63) is 11.8 Å². The van der Waals surface area contributed by atoms with Crippen molar-refractivity contribution in [2.24, 2.45) is 0 Å². The quantitative estimate of drug-likeness (QED) is 0.611. The van der Waals surface area contributed by atoms with Crippen molar-refractivity contribution in [2.45, 2.75) is 18.3 Å². The minimum absolute atomic E-state index is 0.315. The number of allylic oxidation sites excluding steroid dienone is 1. The second kappa shape index (κ2) is 3.25. The maximum atomic E-state index is 10.7. The molecule has 0 bridgehead atoms. The first-order chi connectivity index (χ1) is 6.29. The fourth-order valence-corrected chi connectivity index (χ4v) is 3.54. The first-order valence-electron chi connectivity index (χ1n) is 4.51. The van der Waals surface area contributed by atoms with Gasteiger partial charge in [-0.15, -0.1) is 11.8 Å². The number of amides is 1. The molecule has 2 aliphatic heterocycles. The third-order valence-electron chi connectivity index (χ3n) is 2.73. The van der Waals surface area contributed by atoms with Gasteiger partial charge >= 0.3 is 0 Å². The van der Waals surface area contributed by atoms with Crippen LogP contribution in [0.3, 0.4) is 0 Å². The van der Waals surface area contributed by atoms with E-state index in [2.05, 4.69) is 11.0 Å². The van der Waals surface area contributed by atoms with Gasteiger partial charge in [-0.05, 0) is 6.92 Å². The summed E-state index contributed by atoms with van der Waals surface area (Å²) in [6.07, 6.45) is 3.04. The van der Waals surface area contributed by atoms with Crippen LogP contribution in [0, 0.1) is 0 Å². The number of fused-ring (bicyclic) bond motifs is 1. The molecule has 0 aromatic heterocycles. The lowest BCUT2D eigenvalue weighted by molar-refractivity contribution is -0.120. The van der Waals surface area contributed by atoms with Crippen LogP contribution in [0.5, 0.6) is 0 Å². The highest BCUT2D eigenvalue weighted by atomic mass is 32.2. The maximum Gasteiger partial charge on any atom is 0.210 e. The minimum atomic E-state index is 0.315. The zero-order valence-electron chi connectivity index (χ0n) is 7.93. The topological polar surface area (TPSA) is 23.6 Å². The van der Waals surface area contributed by atoms with Crippen LogP contribution in [0.15, 0.2) is 11.8 Å². The number of carbonyl (C=O) groups excluding carboxylic acids is 1. The lowest BCUT2D eigenvalue weighted by Crippen LogP contribution is -2.59. The Morgan fingerprint density at radius 2 is 2.46 bits per heavy atom. The van der Waals surface area contributed by atoms with Gasteiger partial charge in [-0.25, -0.2) is 0 Å². The average molecular weight is 198 g/mol. The molecule has 3 nitrogen and oxygen atoms in total. The third-order valence-corrected chi connectivity index (χ3v) is 4.01. The van der Waals surface area contributed by atoms with Gasteiger partial charge in [0.2, 0.25) is 6.41 Å². The summed E-state index contributed by atoms with van der Waals surface area (Å²) in [6.45, 7) is 3.18. The fourth-order valence-electron chi connectivity index (χ4n) is 2.07. The summed E-state index contributed by atoms with van der Waals surface area (Å²) >= 11 is 1.95. The SMILES string of the molecule is C/C=C1\C(N(C)C=O)C2SCCN12. The van der Waals surface area contributed by atoms with E-state index < -0.39 is 0 Å². The number of nitrogens with zero attached hydrogens (tertiary/aromatic N) is 2. The van der Waals surface area contributed by atoms with Crippen molar-refractivity contribution in [3.8, 4) is 0 Å². The lowest BCUT2D eigenvalue weighted by atomic mass is 10.0. The standard InChI is InChI=1S/C9H14N2OS/c1-3-7-8(10(2)6-12)9-11(7)4-5-13-9/h3,6,8-9H,4-5H2,1-2H3/b7-3+. The second-order valence-electron chi connectivity index (χ2n) is 3.38. The molecule has 2 fully saturated rings. The molecular weight excluding hydrogens is 184 g/mol. The number of rotatable bonds is 2. The summed E-state index contributed by atoms with van der Waals surface area (Å²) < 4.78 is 0. The van der Waals surface area contributed by atoms with Gasteiger partial charge < -0.3 is 9.80 Å². The Kier molecular flexibility index (Phi) is 2.24. The van der Waals surface area contributed by atoms with Crippen LogP contribution in [0.2, 0.25) is 0 Å². The van der Waals surface area contributed by atoms with Gasteiger partial charge in [0.1, 0.15) is 11.4 Å². The van der Waals surface area contributed by atoms with Crippen molar-refractivity contribution < 1.29 is 4.79 Å². The average Bonchev–Trinajstić information content (AvgIpc) is 2.50. The molecular formula is C9H14N2OS. The molecule has 13 heavy (non-hydrogen) atoms. The Labute approximate surface area is 82.8 Å². The van der Waals surface area contributed by atoms with Gasteiger partial charge in [0.05, 0.1) is 0 Å². The Morgan fingerprint density at radius 3 is 3.08 bits per heavy atom. The fraction of sp³-hybridized carbons (Fsp3) is 0.667. The molecule has 0 spiro atoms. The second-order valence-corrected chi connectivity index (χ2v) is 4.61. The number of likely N-dealkylation sites (N-methyl/N-ethyl adjacent to an activating group) is 1. The largest absolute Gasteiger partial charge is 0.358 e. The third kappa shape index (κ3) is 1.15. The van der Waals surface area contributed by atoms with Crippen LogP contribution in [0.1, 0.15) is 6.92 Å². The van der Waals surface area contributed by atoms with Gasteiger partial charge in [0, 0.05) is 25.0 Å². The number of hydrogen-bond donors (Lipinski definition) is 0. The summed E-state index contributed by atoms with van der Waals surface area (Å²) in [7, 11) is 1.86. The molecule has 2 saturated heterocycles. The molecule has 2 aliphatic rings. The Morgan fingerprint density at radius 1 is 1.69 bits per heavy atom. The summed E-state index contributed by atoms with van der Waals surface area (Å²) in [5.41, 5.74) is 1.31. The Bertz CT molecular complexity index is 254. The normalized spacial score (nSPS) is 34.3. The predicted molar refractivity (Wildman–Crippen MR) is 54.3 cm³/mol. The number of carbonyl (C=O) groups is 1. The highest BCUT2D eigenvalue weighted by molar-refractivity contribution is 8.00. The van der Waals surface area contributed by atoms with Crippen molar-refractivity contribution in [2.75, 3.05) is 19.3 Å². The Balaban J connectivity index is 2.15. The summed E-state index contributed by atoms with van der Waals surface area (Å²) in [4.78, 5) is 14.8. The molecule has 1 amide bonds. The molecule has 0 aromatic carbocycles. The molecule has 0 aliphatic carbocycles. The van der Waals surface area contributed by atoms with Gasteiger partial charge in [-0.3, -0.25) is 4.79 Å². The zero-order chi connectivity index (χ0) is 9.42. The van der Waals surface area contributed by atoms with Crippen molar-refractivity contribution in [3.63, 3.8) is 0 Å². The van der Waals surface area contributed by atoms with E-state index in [1.807, 2.05) is 25.7 Å². The van der Waals surface area contributed by atoms with Gasteiger partial charge in [-0.1, -0.05) is 6.08 Å². The van der Waals surface area contributed by atoms with E-state index in [4.69, 9.17) is 0 Å². The van der Waals surface area contributed by atoms with Gasteiger partial charge in [-0.2, -0.15) is 0 Å². The van der Waals surface area contributed by atoms with E-state index >= 15 is 0 Å². The number of hydrogen-bond acceptors (Lipinski definition) is 3. The predicted octanol–water partition coefficient (Wildman–Crippen LogP) is 0.735. The van der Waals surface area contributed by atoms with Crippen LogP contribution in [-0.2, 0) is 4.79 Å². The van der Waals surface area contributed by atoms with E-state index in [1.54, 1.807) is 4.90 Å². The molecule has 0 saturated carbocycles. The molecule has 0 N–H and O–H groups in total.